The Kier molecular flexibility index (Phi) is 4.52. The molecule has 11 heteroatoms. The van der Waals surface area contributed by atoms with Crippen LogP contribution in [0.3, 0.4) is 0 Å². The topological polar surface area (TPSA) is 0 Å². The van der Waals surface area contributed by atoms with Crippen LogP contribution >= 0.6 is 0 Å². The largest absolute Gasteiger partial charge is 0.425 e. The molecule has 109 valence electrons. The lowest BCUT2D eigenvalue weighted by Gasteiger charge is -2.30. The van der Waals surface area contributed by atoms with Gasteiger partial charge in [0.2, 0.25) is 0 Å². The van der Waals surface area contributed by atoms with Crippen LogP contribution in [0.5, 0.6) is 0 Å². The summed E-state index contributed by atoms with van der Waals surface area (Å²) in [7, 11) is 0. The second-order valence-electron chi connectivity index (χ2n) is 3.18. The van der Waals surface area contributed by atoms with Crippen molar-refractivity contribution in [3.05, 3.63) is 6.42 Å². The summed E-state index contributed by atoms with van der Waals surface area (Å²) in [6.45, 7) is 0. The Morgan fingerprint density at radius 1 is 0.778 bits per heavy atom. The molecule has 0 spiro atoms. The lowest BCUT2D eigenvalue weighted by atomic mass is 10.0. The van der Waals surface area contributed by atoms with Gasteiger partial charge in [-0.25, -0.2) is 4.39 Å². The predicted molar refractivity (Wildman–Crippen MR) is 35.8 cm³/mol. The highest BCUT2D eigenvalue weighted by Gasteiger charge is 2.69. The number of hydrogen-bond donors (Lipinski definition) is 0. The van der Waals surface area contributed by atoms with Gasteiger partial charge in [-0.05, 0) is 0 Å². The summed E-state index contributed by atoms with van der Waals surface area (Å²) in [6.07, 6.45) is -21.0. The molecule has 0 aromatic heterocycles. The maximum atomic E-state index is 12.5. The van der Waals surface area contributed by atoms with E-state index in [4.69, 9.17) is 0 Å². The van der Waals surface area contributed by atoms with Crippen molar-refractivity contribution in [1.82, 2.24) is 0 Å². The highest BCUT2D eigenvalue weighted by Crippen LogP contribution is 2.47. The summed E-state index contributed by atoms with van der Waals surface area (Å²) in [4.78, 5) is 0. The highest BCUT2D eigenvalue weighted by atomic mass is 19.4. The molecule has 0 aliphatic heterocycles. The molecule has 0 aliphatic rings. The summed E-state index contributed by atoms with van der Waals surface area (Å²) in [5.74, 6) is -12.1. The molecule has 18 heavy (non-hydrogen) atoms. The molecule has 0 saturated carbocycles. The Hall–Kier alpha value is -0.770. The molecule has 0 amide bonds. The van der Waals surface area contributed by atoms with Gasteiger partial charge in [-0.1, -0.05) is 0 Å². The second-order valence-corrected chi connectivity index (χ2v) is 3.18. The van der Waals surface area contributed by atoms with Crippen LogP contribution in [0.25, 0.3) is 0 Å². The molecule has 1 atom stereocenters. The van der Waals surface area contributed by atoms with Gasteiger partial charge in [0.1, 0.15) is 0 Å². The lowest BCUT2D eigenvalue weighted by molar-refractivity contribution is -0.307. The summed E-state index contributed by atoms with van der Waals surface area (Å²) in [6, 6.07) is 0. The molecule has 0 aliphatic carbocycles. The molecule has 0 fully saturated rings. The van der Waals surface area contributed by atoms with E-state index in [-0.39, 0.29) is 0 Å². The van der Waals surface area contributed by atoms with Gasteiger partial charge in [0, 0.05) is 6.42 Å². The fraction of sp³-hybridized carbons (Fsp3) is 0.857. The lowest BCUT2D eigenvalue weighted by Crippen LogP contribution is -2.53. The van der Waals surface area contributed by atoms with Gasteiger partial charge in [-0.3, -0.25) is 0 Å². The maximum absolute atomic E-state index is 12.5. The van der Waals surface area contributed by atoms with Crippen LogP contribution in [0.4, 0.5) is 48.3 Å². The third kappa shape index (κ3) is 4.16. The average Bonchev–Trinajstić information content (AvgIpc) is 2.11. The minimum Gasteiger partial charge on any atom is -0.230 e. The molecule has 0 aromatic carbocycles. The molecule has 0 saturated heterocycles. The molecule has 0 heterocycles. The Balaban J connectivity index is 4.97. The molecular weight excluding hydrogens is 293 g/mol. The zero-order valence-corrected chi connectivity index (χ0v) is 8.02. The van der Waals surface area contributed by atoms with Crippen molar-refractivity contribution >= 4 is 0 Å². The first-order chi connectivity index (χ1) is 7.61. The van der Waals surface area contributed by atoms with Gasteiger partial charge in [0.15, 0.2) is 0 Å². The molecule has 0 unspecified atom stereocenters. The van der Waals surface area contributed by atoms with Gasteiger partial charge < -0.3 is 0 Å². The third-order valence-corrected chi connectivity index (χ3v) is 1.68. The van der Waals surface area contributed by atoms with Gasteiger partial charge in [-0.2, -0.15) is 43.9 Å². The van der Waals surface area contributed by atoms with Crippen molar-refractivity contribution in [2.45, 2.75) is 36.8 Å². The van der Waals surface area contributed by atoms with Crippen molar-refractivity contribution in [3.63, 3.8) is 0 Å². The quantitative estimate of drug-likeness (QED) is 0.678. The Bertz CT molecular complexity index is 272. The minimum absolute atomic E-state index is 1.27. The van der Waals surface area contributed by atoms with E-state index in [2.05, 4.69) is 0 Å². The SMILES string of the molecule is F[C@H](C(F)(F)F)C(F)(F)C(F)(F)C[CH]C(F)(F)F. The monoisotopic (exact) mass is 297 g/mol. The Morgan fingerprint density at radius 3 is 1.44 bits per heavy atom. The van der Waals surface area contributed by atoms with Crippen LogP contribution < -0.4 is 0 Å². The van der Waals surface area contributed by atoms with E-state index < -0.39 is 43.2 Å². The van der Waals surface area contributed by atoms with Crippen LogP contribution in [0.1, 0.15) is 6.42 Å². The smallest absolute Gasteiger partial charge is 0.230 e. The second kappa shape index (κ2) is 4.72. The van der Waals surface area contributed by atoms with E-state index >= 15 is 0 Å². The van der Waals surface area contributed by atoms with E-state index in [1.807, 2.05) is 0 Å². The zero-order chi connectivity index (χ0) is 15.0. The third-order valence-electron chi connectivity index (χ3n) is 1.68. The molecule has 0 rings (SSSR count). The minimum atomic E-state index is -6.31. The summed E-state index contributed by atoms with van der Waals surface area (Å²) in [5, 5.41) is 0. The fourth-order valence-electron chi connectivity index (χ4n) is 0.771. The summed E-state index contributed by atoms with van der Waals surface area (Å²) in [5.41, 5.74) is 0. The van der Waals surface area contributed by atoms with Crippen LogP contribution in [0.15, 0.2) is 0 Å². The summed E-state index contributed by atoms with van der Waals surface area (Å²) < 4.78 is 131. The summed E-state index contributed by atoms with van der Waals surface area (Å²) >= 11 is 0. The first-order valence-electron chi connectivity index (χ1n) is 3.99. The molecule has 0 N–H and O–H groups in total. The highest BCUT2D eigenvalue weighted by molar-refractivity contribution is 4.98. The van der Waals surface area contributed by atoms with Crippen molar-refractivity contribution < 1.29 is 48.3 Å². The van der Waals surface area contributed by atoms with Crippen LogP contribution in [-0.2, 0) is 0 Å². The first-order valence-corrected chi connectivity index (χ1v) is 3.99. The van der Waals surface area contributed by atoms with Crippen molar-refractivity contribution in [1.29, 1.82) is 0 Å². The van der Waals surface area contributed by atoms with Crippen molar-refractivity contribution in [2.24, 2.45) is 0 Å². The number of halogens is 11. The maximum Gasteiger partial charge on any atom is 0.425 e. The van der Waals surface area contributed by atoms with E-state index in [1.54, 1.807) is 0 Å². The van der Waals surface area contributed by atoms with E-state index in [9.17, 15) is 48.3 Å². The van der Waals surface area contributed by atoms with Gasteiger partial charge in [-0.15, -0.1) is 0 Å². The van der Waals surface area contributed by atoms with Gasteiger partial charge in [0.05, 0.1) is 6.42 Å². The van der Waals surface area contributed by atoms with Crippen molar-refractivity contribution in [2.75, 3.05) is 0 Å². The molecule has 0 aromatic rings. The number of rotatable bonds is 4. The predicted octanol–water partition coefficient (Wildman–Crippen LogP) is 4.31. The molecule has 0 nitrogen and oxygen atoms in total. The molecule has 1 radical (unpaired) electrons. The van der Waals surface area contributed by atoms with Crippen LogP contribution in [0, 0.1) is 6.42 Å². The fourth-order valence-corrected chi connectivity index (χ4v) is 0.771. The van der Waals surface area contributed by atoms with E-state index in [0.717, 1.165) is 0 Å². The standard InChI is InChI=1S/C7H4F11/c8-3(7(16,17)18)6(14,15)4(9,10)1-2-5(11,12)13/h2-3H,1H2/t3-/m0/s1. The van der Waals surface area contributed by atoms with Gasteiger partial charge >= 0.3 is 24.2 Å². The molecular formula is C7H4F11. The van der Waals surface area contributed by atoms with E-state index in [0.29, 0.717) is 0 Å². The average molecular weight is 297 g/mol. The number of hydrogen-bond acceptors (Lipinski definition) is 0. The van der Waals surface area contributed by atoms with Gasteiger partial charge in [0.25, 0.3) is 6.17 Å². The Morgan fingerprint density at radius 2 is 1.17 bits per heavy atom. The van der Waals surface area contributed by atoms with E-state index in [1.165, 1.54) is 0 Å². The molecule has 0 bridgehead atoms. The Labute approximate surface area is 92.7 Å². The van der Waals surface area contributed by atoms with Crippen LogP contribution in [0.2, 0.25) is 0 Å². The number of alkyl halides is 11. The first kappa shape index (κ1) is 17.2. The van der Waals surface area contributed by atoms with Crippen LogP contribution in [-0.4, -0.2) is 30.4 Å². The normalized spacial score (nSPS) is 16.8. The zero-order valence-electron chi connectivity index (χ0n) is 8.02. The van der Waals surface area contributed by atoms with Crippen molar-refractivity contribution in [3.8, 4) is 0 Å².